The fourth-order valence-electron chi connectivity index (χ4n) is 1.93. The summed E-state index contributed by atoms with van der Waals surface area (Å²) in [5, 5.41) is 13.0. The number of aliphatic hydroxyl groups excluding tert-OH is 1. The predicted molar refractivity (Wildman–Crippen MR) is 73.8 cm³/mol. The SMILES string of the molecule is CC(C)Oc1cc(N)cc(NCC(O)C2CC2)c1. The van der Waals surface area contributed by atoms with Crippen LogP contribution in [-0.4, -0.2) is 23.9 Å². The van der Waals surface area contributed by atoms with Gasteiger partial charge in [0.1, 0.15) is 5.75 Å². The van der Waals surface area contributed by atoms with Gasteiger partial charge in [0.15, 0.2) is 0 Å². The number of benzene rings is 1. The Labute approximate surface area is 108 Å². The van der Waals surface area contributed by atoms with Crippen molar-refractivity contribution >= 4 is 11.4 Å². The zero-order chi connectivity index (χ0) is 13.1. The maximum absolute atomic E-state index is 9.81. The monoisotopic (exact) mass is 250 g/mol. The van der Waals surface area contributed by atoms with Crippen LogP contribution in [0.25, 0.3) is 0 Å². The lowest BCUT2D eigenvalue weighted by atomic mass is 10.2. The molecule has 0 aromatic heterocycles. The van der Waals surface area contributed by atoms with E-state index in [1.807, 2.05) is 32.0 Å². The molecule has 1 atom stereocenters. The van der Waals surface area contributed by atoms with Gasteiger partial charge in [-0.2, -0.15) is 0 Å². The molecule has 1 saturated carbocycles. The Balaban J connectivity index is 1.95. The van der Waals surface area contributed by atoms with Gasteiger partial charge in [0.25, 0.3) is 0 Å². The van der Waals surface area contributed by atoms with E-state index >= 15 is 0 Å². The molecule has 0 amide bonds. The van der Waals surface area contributed by atoms with Crippen molar-refractivity contribution < 1.29 is 9.84 Å². The molecule has 4 nitrogen and oxygen atoms in total. The third-order valence-corrected chi connectivity index (χ3v) is 2.98. The second-order valence-electron chi connectivity index (χ2n) is 5.24. The highest BCUT2D eigenvalue weighted by molar-refractivity contribution is 5.59. The summed E-state index contributed by atoms with van der Waals surface area (Å²) in [5.74, 6) is 1.23. The highest BCUT2D eigenvalue weighted by Gasteiger charge is 2.29. The Hall–Kier alpha value is -1.42. The third-order valence-electron chi connectivity index (χ3n) is 2.98. The minimum Gasteiger partial charge on any atom is -0.491 e. The van der Waals surface area contributed by atoms with Crippen LogP contribution < -0.4 is 15.8 Å². The van der Waals surface area contributed by atoms with E-state index in [0.29, 0.717) is 18.2 Å². The summed E-state index contributed by atoms with van der Waals surface area (Å²) in [6.45, 7) is 4.52. The van der Waals surface area contributed by atoms with Crippen LogP contribution in [0.2, 0.25) is 0 Å². The summed E-state index contributed by atoms with van der Waals surface area (Å²) in [4.78, 5) is 0. The number of rotatable bonds is 6. The van der Waals surface area contributed by atoms with Crippen molar-refractivity contribution in [1.82, 2.24) is 0 Å². The van der Waals surface area contributed by atoms with Gasteiger partial charge in [-0.1, -0.05) is 0 Å². The van der Waals surface area contributed by atoms with Crippen LogP contribution >= 0.6 is 0 Å². The molecule has 2 rings (SSSR count). The second-order valence-corrected chi connectivity index (χ2v) is 5.24. The molecule has 18 heavy (non-hydrogen) atoms. The lowest BCUT2D eigenvalue weighted by Crippen LogP contribution is -2.21. The zero-order valence-electron chi connectivity index (χ0n) is 11.0. The standard InChI is InChI=1S/C14H22N2O2/c1-9(2)18-13-6-11(15)5-12(7-13)16-8-14(17)10-3-4-10/h5-7,9-10,14,16-17H,3-4,8,15H2,1-2H3. The first-order valence-corrected chi connectivity index (χ1v) is 6.54. The molecule has 1 aliphatic carbocycles. The topological polar surface area (TPSA) is 67.5 Å². The van der Waals surface area contributed by atoms with Gasteiger partial charge in [-0.25, -0.2) is 0 Å². The maximum atomic E-state index is 9.81. The minimum atomic E-state index is -0.263. The number of anilines is 2. The zero-order valence-corrected chi connectivity index (χ0v) is 11.0. The van der Waals surface area contributed by atoms with E-state index < -0.39 is 0 Å². The van der Waals surface area contributed by atoms with Crippen molar-refractivity contribution in [3.05, 3.63) is 18.2 Å². The number of ether oxygens (including phenoxy) is 1. The number of nitrogens with one attached hydrogen (secondary N) is 1. The van der Waals surface area contributed by atoms with Crippen LogP contribution in [0.5, 0.6) is 5.75 Å². The fraction of sp³-hybridized carbons (Fsp3) is 0.571. The first-order valence-electron chi connectivity index (χ1n) is 6.54. The van der Waals surface area contributed by atoms with Crippen molar-refractivity contribution in [3.8, 4) is 5.75 Å². The smallest absolute Gasteiger partial charge is 0.123 e. The molecule has 0 saturated heterocycles. The van der Waals surface area contributed by atoms with Crippen LogP contribution in [0.3, 0.4) is 0 Å². The number of nitrogens with two attached hydrogens (primary N) is 1. The third kappa shape index (κ3) is 3.81. The summed E-state index contributed by atoms with van der Waals surface area (Å²) in [6, 6.07) is 5.57. The molecule has 4 heteroatoms. The molecular formula is C14H22N2O2. The van der Waals surface area contributed by atoms with E-state index in [9.17, 15) is 5.11 Å². The molecule has 0 radical (unpaired) electrons. The van der Waals surface area contributed by atoms with Gasteiger partial charge in [-0.15, -0.1) is 0 Å². The Morgan fingerprint density at radius 2 is 2.11 bits per heavy atom. The highest BCUT2D eigenvalue weighted by Crippen LogP contribution is 2.32. The van der Waals surface area contributed by atoms with Crippen LogP contribution in [-0.2, 0) is 0 Å². The average molecular weight is 250 g/mol. The van der Waals surface area contributed by atoms with Gasteiger partial charge in [-0.05, 0) is 38.7 Å². The first kappa shape index (κ1) is 13.0. The van der Waals surface area contributed by atoms with Gasteiger partial charge in [0.05, 0.1) is 12.2 Å². The van der Waals surface area contributed by atoms with Crippen LogP contribution in [0.4, 0.5) is 11.4 Å². The molecule has 1 aromatic rings. The number of hydrogen-bond donors (Lipinski definition) is 3. The molecule has 1 aromatic carbocycles. The summed E-state index contributed by atoms with van der Waals surface area (Å²) in [6.07, 6.45) is 2.14. The molecule has 100 valence electrons. The van der Waals surface area contributed by atoms with E-state index in [2.05, 4.69) is 5.32 Å². The molecule has 1 aliphatic rings. The summed E-state index contributed by atoms with van der Waals surface area (Å²) in [5.41, 5.74) is 7.39. The summed E-state index contributed by atoms with van der Waals surface area (Å²) >= 11 is 0. The van der Waals surface area contributed by atoms with Crippen LogP contribution in [0.15, 0.2) is 18.2 Å². The second kappa shape index (κ2) is 5.48. The first-order chi connectivity index (χ1) is 8.54. The average Bonchev–Trinajstić information content (AvgIpc) is 3.07. The van der Waals surface area contributed by atoms with E-state index in [4.69, 9.17) is 10.5 Å². The van der Waals surface area contributed by atoms with Crippen molar-refractivity contribution in [1.29, 1.82) is 0 Å². The molecule has 1 unspecified atom stereocenters. The normalized spacial score (nSPS) is 16.7. The van der Waals surface area contributed by atoms with Gasteiger partial charge < -0.3 is 20.9 Å². The molecule has 0 spiro atoms. The van der Waals surface area contributed by atoms with E-state index in [1.54, 1.807) is 0 Å². The van der Waals surface area contributed by atoms with Crippen molar-refractivity contribution in [2.45, 2.75) is 38.9 Å². The molecular weight excluding hydrogens is 228 g/mol. The summed E-state index contributed by atoms with van der Waals surface area (Å²) in [7, 11) is 0. The fourth-order valence-corrected chi connectivity index (χ4v) is 1.93. The van der Waals surface area contributed by atoms with Crippen molar-refractivity contribution in [2.24, 2.45) is 5.92 Å². The quantitative estimate of drug-likeness (QED) is 0.677. The molecule has 0 heterocycles. The lowest BCUT2D eigenvalue weighted by molar-refractivity contribution is 0.164. The maximum Gasteiger partial charge on any atom is 0.123 e. The van der Waals surface area contributed by atoms with E-state index in [-0.39, 0.29) is 12.2 Å². The Kier molecular flexibility index (Phi) is 3.97. The molecule has 4 N–H and O–H groups in total. The largest absolute Gasteiger partial charge is 0.491 e. The van der Waals surface area contributed by atoms with E-state index in [0.717, 1.165) is 24.3 Å². The van der Waals surface area contributed by atoms with Gasteiger partial charge in [0.2, 0.25) is 0 Å². The lowest BCUT2D eigenvalue weighted by Gasteiger charge is -2.15. The van der Waals surface area contributed by atoms with Crippen LogP contribution in [0.1, 0.15) is 26.7 Å². The predicted octanol–water partition coefficient (Wildman–Crippen LogP) is 2.24. The van der Waals surface area contributed by atoms with Gasteiger partial charge in [0, 0.05) is 30.1 Å². The Morgan fingerprint density at radius 1 is 1.39 bits per heavy atom. The van der Waals surface area contributed by atoms with Gasteiger partial charge >= 0.3 is 0 Å². The number of aliphatic hydroxyl groups is 1. The van der Waals surface area contributed by atoms with E-state index in [1.165, 1.54) is 0 Å². The molecule has 0 bridgehead atoms. The summed E-state index contributed by atoms with van der Waals surface area (Å²) < 4.78 is 5.62. The highest BCUT2D eigenvalue weighted by atomic mass is 16.5. The van der Waals surface area contributed by atoms with Gasteiger partial charge in [-0.3, -0.25) is 0 Å². The molecule has 0 aliphatic heterocycles. The van der Waals surface area contributed by atoms with Crippen molar-refractivity contribution in [3.63, 3.8) is 0 Å². The van der Waals surface area contributed by atoms with Crippen LogP contribution in [0, 0.1) is 5.92 Å². The number of nitrogen functional groups attached to an aromatic ring is 1. The Bertz CT molecular complexity index is 403. The molecule has 1 fully saturated rings. The van der Waals surface area contributed by atoms with Crippen molar-refractivity contribution in [2.75, 3.05) is 17.6 Å². The Morgan fingerprint density at radius 3 is 2.72 bits per heavy atom. The number of hydrogen-bond acceptors (Lipinski definition) is 4. The minimum absolute atomic E-state index is 0.122.